The van der Waals surface area contributed by atoms with Crippen LogP contribution in [0.1, 0.15) is 36.2 Å². The van der Waals surface area contributed by atoms with Crippen LogP contribution in [0.25, 0.3) is 21.0 Å². The lowest BCUT2D eigenvalue weighted by Crippen LogP contribution is -2.58. The third-order valence-corrected chi connectivity index (χ3v) is 6.60. The van der Waals surface area contributed by atoms with Gasteiger partial charge in [0.1, 0.15) is 22.1 Å². The third-order valence-electron chi connectivity index (χ3n) is 5.45. The molecular weight excluding hydrogens is 401 g/mol. The first kappa shape index (κ1) is 20.4. The molecule has 0 bridgehead atoms. The van der Waals surface area contributed by atoms with Crippen molar-refractivity contribution in [3.05, 3.63) is 66.1 Å². The molecule has 1 saturated heterocycles. The summed E-state index contributed by atoms with van der Waals surface area (Å²) in [5.41, 5.74) is 6.52. The van der Waals surface area contributed by atoms with Gasteiger partial charge in [-0.3, -0.25) is 9.59 Å². The van der Waals surface area contributed by atoms with Gasteiger partial charge in [0.2, 0.25) is 5.91 Å². The molecule has 7 heteroatoms. The first-order chi connectivity index (χ1) is 14.5. The van der Waals surface area contributed by atoms with Gasteiger partial charge in [-0.05, 0) is 43.5 Å². The fourth-order valence-corrected chi connectivity index (χ4v) is 4.88. The lowest BCUT2D eigenvalue weighted by molar-refractivity contribution is -0.125. The van der Waals surface area contributed by atoms with E-state index in [0.717, 1.165) is 18.4 Å². The summed E-state index contributed by atoms with van der Waals surface area (Å²) in [6, 6.07) is 15.6. The van der Waals surface area contributed by atoms with Crippen LogP contribution < -0.4 is 11.1 Å². The van der Waals surface area contributed by atoms with Crippen LogP contribution >= 0.6 is 11.3 Å². The molecule has 4 rings (SSSR count). The minimum Gasteiger partial charge on any atom is -0.368 e. The number of carbonyl (C=O) groups excluding carboxylic acids is 2. The van der Waals surface area contributed by atoms with E-state index in [-0.39, 0.29) is 18.0 Å². The highest BCUT2D eigenvalue weighted by atomic mass is 32.1. The molecule has 154 valence electrons. The highest BCUT2D eigenvalue weighted by molar-refractivity contribution is 7.18. The van der Waals surface area contributed by atoms with Crippen molar-refractivity contribution in [2.75, 3.05) is 6.54 Å². The number of primary amides is 1. The van der Waals surface area contributed by atoms with Crippen molar-refractivity contribution in [2.45, 2.75) is 31.2 Å². The van der Waals surface area contributed by atoms with Crippen LogP contribution in [-0.4, -0.2) is 28.8 Å². The number of piperidine rings is 1. The molecule has 0 aliphatic carbocycles. The number of Topliss-reactive ketones (excluding diaryl/α,β-unsaturated/α-hetero) is 1. The zero-order valence-corrected chi connectivity index (χ0v) is 17.2. The molecule has 1 aromatic heterocycles. The van der Waals surface area contributed by atoms with Crippen molar-refractivity contribution >= 4 is 23.0 Å². The Balaban J connectivity index is 1.75. The van der Waals surface area contributed by atoms with E-state index >= 15 is 0 Å². The molecule has 1 aliphatic heterocycles. The summed E-state index contributed by atoms with van der Waals surface area (Å²) in [5, 5.41) is 3.87. The van der Waals surface area contributed by atoms with E-state index in [1.54, 1.807) is 12.1 Å². The monoisotopic (exact) mass is 423 g/mol. The molecule has 2 aromatic carbocycles. The Labute approximate surface area is 178 Å². The van der Waals surface area contributed by atoms with Crippen LogP contribution in [0.5, 0.6) is 0 Å². The Kier molecular flexibility index (Phi) is 5.74. The van der Waals surface area contributed by atoms with Gasteiger partial charge in [0.05, 0.1) is 4.88 Å². The molecule has 1 aliphatic rings. The smallest absolute Gasteiger partial charge is 0.238 e. The molecule has 0 spiro atoms. The fourth-order valence-electron chi connectivity index (χ4n) is 3.78. The Morgan fingerprint density at radius 2 is 1.80 bits per heavy atom. The van der Waals surface area contributed by atoms with Gasteiger partial charge >= 0.3 is 0 Å². The molecule has 0 saturated carbocycles. The number of halogens is 1. The highest BCUT2D eigenvalue weighted by Crippen LogP contribution is 2.37. The minimum absolute atomic E-state index is 0.0471. The number of carbonyl (C=O) groups is 2. The summed E-state index contributed by atoms with van der Waals surface area (Å²) in [6.07, 6.45) is 2.25. The van der Waals surface area contributed by atoms with Crippen LogP contribution in [0.15, 0.2) is 54.6 Å². The van der Waals surface area contributed by atoms with E-state index in [1.165, 1.54) is 23.5 Å². The van der Waals surface area contributed by atoms with Gasteiger partial charge in [0.15, 0.2) is 5.78 Å². The van der Waals surface area contributed by atoms with Crippen molar-refractivity contribution < 1.29 is 14.0 Å². The van der Waals surface area contributed by atoms with Crippen molar-refractivity contribution in [3.8, 4) is 21.0 Å². The SMILES string of the molecule is NC(=O)C1(CC(=O)c2nc(-c3ccccc3)sc2-c2ccc(F)cc2)CCCCN1. The number of thiazole rings is 1. The second-order valence-corrected chi connectivity index (χ2v) is 8.50. The number of rotatable bonds is 6. The number of amides is 1. The van der Waals surface area contributed by atoms with Crippen LogP contribution in [0.2, 0.25) is 0 Å². The highest BCUT2D eigenvalue weighted by Gasteiger charge is 2.40. The van der Waals surface area contributed by atoms with Gasteiger partial charge in [-0.1, -0.05) is 42.5 Å². The van der Waals surface area contributed by atoms with Crippen molar-refractivity contribution in [2.24, 2.45) is 5.73 Å². The molecule has 1 amide bonds. The molecule has 1 fully saturated rings. The van der Waals surface area contributed by atoms with Crippen LogP contribution in [-0.2, 0) is 4.79 Å². The third kappa shape index (κ3) is 4.04. The quantitative estimate of drug-likeness (QED) is 0.582. The Bertz CT molecular complexity index is 1060. The van der Waals surface area contributed by atoms with E-state index in [0.29, 0.717) is 34.1 Å². The number of hydrogen-bond acceptors (Lipinski definition) is 5. The summed E-state index contributed by atoms with van der Waals surface area (Å²) in [6.45, 7) is 0.646. The molecule has 1 atom stereocenters. The van der Waals surface area contributed by atoms with E-state index < -0.39 is 11.4 Å². The number of nitrogens with one attached hydrogen (secondary N) is 1. The fraction of sp³-hybridized carbons (Fsp3) is 0.261. The number of ketones is 1. The first-order valence-corrected chi connectivity index (χ1v) is 10.7. The number of aromatic nitrogens is 1. The van der Waals surface area contributed by atoms with E-state index in [1.807, 2.05) is 30.3 Å². The molecule has 30 heavy (non-hydrogen) atoms. The van der Waals surface area contributed by atoms with Crippen molar-refractivity contribution in [3.63, 3.8) is 0 Å². The Morgan fingerprint density at radius 3 is 2.43 bits per heavy atom. The topological polar surface area (TPSA) is 85.1 Å². The number of nitrogens with two attached hydrogens (primary N) is 1. The summed E-state index contributed by atoms with van der Waals surface area (Å²) >= 11 is 1.38. The standard InChI is InChI=1S/C23H22FN3O2S/c24-17-10-8-15(9-11-17)20-19(27-21(30-20)16-6-2-1-3-7-16)18(28)14-23(22(25)29)12-4-5-13-26-23/h1-3,6-11,26H,4-5,12-14H2,(H2,25,29). The van der Waals surface area contributed by atoms with Gasteiger partial charge < -0.3 is 11.1 Å². The summed E-state index contributed by atoms with van der Waals surface area (Å²) in [5.74, 6) is -1.11. The Hall–Kier alpha value is -2.90. The average molecular weight is 424 g/mol. The molecule has 1 unspecified atom stereocenters. The number of nitrogens with zero attached hydrogens (tertiary/aromatic N) is 1. The normalized spacial score (nSPS) is 18.8. The molecule has 2 heterocycles. The predicted octanol–water partition coefficient (Wildman–Crippen LogP) is 4.19. The van der Waals surface area contributed by atoms with Crippen LogP contribution in [0.4, 0.5) is 4.39 Å². The molecule has 3 N–H and O–H groups in total. The Morgan fingerprint density at radius 1 is 1.07 bits per heavy atom. The predicted molar refractivity (Wildman–Crippen MR) is 116 cm³/mol. The van der Waals surface area contributed by atoms with Gasteiger partial charge in [-0.15, -0.1) is 11.3 Å². The van der Waals surface area contributed by atoms with E-state index in [9.17, 15) is 14.0 Å². The van der Waals surface area contributed by atoms with Crippen LogP contribution in [0.3, 0.4) is 0 Å². The summed E-state index contributed by atoms with van der Waals surface area (Å²) in [7, 11) is 0. The zero-order chi connectivity index (χ0) is 21.1. The lowest BCUT2D eigenvalue weighted by Gasteiger charge is -2.34. The van der Waals surface area contributed by atoms with Crippen molar-refractivity contribution in [1.82, 2.24) is 10.3 Å². The minimum atomic E-state index is -1.05. The molecule has 0 radical (unpaired) electrons. The molecule has 5 nitrogen and oxygen atoms in total. The van der Waals surface area contributed by atoms with E-state index in [4.69, 9.17) is 5.73 Å². The zero-order valence-electron chi connectivity index (χ0n) is 16.4. The summed E-state index contributed by atoms with van der Waals surface area (Å²) < 4.78 is 13.4. The largest absolute Gasteiger partial charge is 0.368 e. The molecular formula is C23H22FN3O2S. The number of benzene rings is 2. The first-order valence-electron chi connectivity index (χ1n) is 9.89. The average Bonchev–Trinajstić information content (AvgIpc) is 3.21. The maximum Gasteiger partial charge on any atom is 0.238 e. The van der Waals surface area contributed by atoms with Crippen molar-refractivity contribution in [1.29, 1.82) is 0 Å². The van der Waals surface area contributed by atoms with Gasteiger partial charge in [0, 0.05) is 12.0 Å². The second kappa shape index (κ2) is 8.45. The van der Waals surface area contributed by atoms with Crippen LogP contribution in [0, 0.1) is 5.82 Å². The maximum atomic E-state index is 13.4. The lowest BCUT2D eigenvalue weighted by atomic mass is 9.83. The maximum absolute atomic E-state index is 13.4. The second-order valence-electron chi connectivity index (χ2n) is 7.50. The van der Waals surface area contributed by atoms with E-state index in [2.05, 4.69) is 10.3 Å². The van der Waals surface area contributed by atoms with Gasteiger partial charge in [-0.25, -0.2) is 9.37 Å². The molecule has 3 aromatic rings. The van der Waals surface area contributed by atoms with Gasteiger partial charge in [-0.2, -0.15) is 0 Å². The van der Waals surface area contributed by atoms with Gasteiger partial charge in [0.25, 0.3) is 0 Å². The number of hydrogen-bond donors (Lipinski definition) is 2. The summed E-state index contributed by atoms with van der Waals surface area (Å²) in [4.78, 5) is 30.9.